The first-order valence-corrected chi connectivity index (χ1v) is 6.77. The monoisotopic (exact) mass is 337 g/mol. The molecule has 1 saturated heterocycles. The van der Waals surface area contributed by atoms with Gasteiger partial charge in [-0.05, 0) is 59.9 Å². The van der Waals surface area contributed by atoms with Crippen LogP contribution in [0, 0.1) is 0 Å². The lowest BCUT2D eigenvalue weighted by Gasteiger charge is -2.29. The summed E-state index contributed by atoms with van der Waals surface area (Å²) in [6.07, 6.45) is -2.83. The van der Waals surface area contributed by atoms with Crippen molar-refractivity contribution in [1.82, 2.24) is 5.32 Å². The van der Waals surface area contributed by atoms with Gasteiger partial charge in [0, 0.05) is 5.54 Å². The van der Waals surface area contributed by atoms with Crippen LogP contribution in [0.4, 0.5) is 13.2 Å². The van der Waals surface area contributed by atoms with Gasteiger partial charge in [0.1, 0.15) is 5.75 Å². The van der Waals surface area contributed by atoms with Crippen LogP contribution in [0.2, 0.25) is 0 Å². The summed E-state index contributed by atoms with van der Waals surface area (Å²) < 4.78 is 45.2. The molecular weight excluding hydrogens is 323 g/mol. The Labute approximate surface area is 118 Å². The Balaban J connectivity index is 2.61. The van der Waals surface area contributed by atoms with E-state index in [4.69, 9.17) is 4.74 Å². The molecule has 2 rings (SSSR count). The van der Waals surface area contributed by atoms with Gasteiger partial charge in [0.15, 0.2) is 0 Å². The first kappa shape index (κ1) is 14.7. The Kier molecular flexibility index (Phi) is 3.84. The molecule has 1 aliphatic rings. The van der Waals surface area contributed by atoms with Crippen LogP contribution >= 0.6 is 15.9 Å². The molecule has 0 aromatic heterocycles. The lowest BCUT2D eigenvalue weighted by atomic mass is 9.86. The highest BCUT2D eigenvalue weighted by Crippen LogP contribution is 2.44. The largest absolute Gasteiger partial charge is 0.496 e. The van der Waals surface area contributed by atoms with E-state index < -0.39 is 17.3 Å². The van der Waals surface area contributed by atoms with Gasteiger partial charge in [-0.3, -0.25) is 0 Å². The van der Waals surface area contributed by atoms with Crippen LogP contribution in [-0.4, -0.2) is 13.7 Å². The molecule has 19 heavy (non-hydrogen) atoms. The number of hydrogen-bond donors (Lipinski definition) is 1. The van der Waals surface area contributed by atoms with Gasteiger partial charge in [-0.2, -0.15) is 13.2 Å². The third kappa shape index (κ3) is 2.74. The van der Waals surface area contributed by atoms with E-state index in [0.29, 0.717) is 10.9 Å². The highest BCUT2D eigenvalue weighted by molar-refractivity contribution is 9.10. The second-order valence-corrected chi connectivity index (χ2v) is 5.75. The fourth-order valence-corrected chi connectivity index (χ4v) is 3.03. The second-order valence-electron chi connectivity index (χ2n) is 4.89. The standard InChI is InChI=1S/C13H15BrF3NO/c1-12(4-3-5-18-12)8-6-10(14)11(19-2)7-9(8)13(15,16)17/h6-7,18H,3-5H2,1-2H3. The predicted octanol–water partition coefficient (Wildman–Crippen LogP) is 4.08. The van der Waals surface area contributed by atoms with Crippen LogP contribution in [-0.2, 0) is 11.7 Å². The third-order valence-electron chi connectivity index (χ3n) is 3.56. The Morgan fingerprint density at radius 2 is 2.05 bits per heavy atom. The summed E-state index contributed by atoms with van der Waals surface area (Å²) in [5.41, 5.74) is -1.01. The van der Waals surface area contributed by atoms with Crippen molar-refractivity contribution in [3.63, 3.8) is 0 Å². The SMILES string of the molecule is COc1cc(C(F)(F)F)c(C2(C)CCCN2)cc1Br. The molecule has 1 aliphatic heterocycles. The maximum absolute atomic E-state index is 13.2. The topological polar surface area (TPSA) is 21.3 Å². The van der Waals surface area contributed by atoms with E-state index in [1.807, 2.05) is 6.92 Å². The molecular formula is C13H15BrF3NO. The fraction of sp³-hybridized carbons (Fsp3) is 0.538. The molecule has 1 N–H and O–H groups in total. The van der Waals surface area contributed by atoms with E-state index >= 15 is 0 Å². The van der Waals surface area contributed by atoms with E-state index in [1.54, 1.807) is 0 Å². The predicted molar refractivity (Wildman–Crippen MR) is 70.3 cm³/mol. The van der Waals surface area contributed by atoms with Crippen molar-refractivity contribution in [3.05, 3.63) is 27.7 Å². The Morgan fingerprint density at radius 1 is 1.37 bits per heavy atom. The van der Waals surface area contributed by atoms with Crippen LogP contribution < -0.4 is 10.1 Å². The summed E-state index contributed by atoms with van der Waals surface area (Å²) in [6, 6.07) is 2.57. The van der Waals surface area contributed by atoms with Gasteiger partial charge < -0.3 is 10.1 Å². The maximum atomic E-state index is 13.2. The van der Waals surface area contributed by atoms with Crippen LogP contribution in [0.25, 0.3) is 0 Å². The zero-order chi connectivity index (χ0) is 14.3. The first-order chi connectivity index (χ1) is 8.78. The molecule has 1 aromatic carbocycles. The van der Waals surface area contributed by atoms with Gasteiger partial charge in [-0.1, -0.05) is 0 Å². The van der Waals surface area contributed by atoms with E-state index in [2.05, 4.69) is 21.2 Å². The van der Waals surface area contributed by atoms with Gasteiger partial charge in [-0.15, -0.1) is 0 Å². The Morgan fingerprint density at radius 3 is 2.53 bits per heavy atom. The number of rotatable bonds is 2. The smallest absolute Gasteiger partial charge is 0.416 e. The lowest BCUT2D eigenvalue weighted by molar-refractivity contribution is -0.139. The normalized spacial score (nSPS) is 23.7. The second kappa shape index (κ2) is 4.98. The van der Waals surface area contributed by atoms with Crippen molar-refractivity contribution in [3.8, 4) is 5.75 Å². The van der Waals surface area contributed by atoms with Crippen molar-refractivity contribution in [2.75, 3.05) is 13.7 Å². The molecule has 0 radical (unpaired) electrons. The Bertz CT molecular complexity index is 482. The quantitative estimate of drug-likeness (QED) is 0.878. The Hall–Kier alpha value is -0.750. The molecule has 1 aromatic rings. The minimum atomic E-state index is -4.39. The number of methoxy groups -OCH3 is 1. The molecule has 2 nitrogen and oxygen atoms in total. The molecule has 0 aliphatic carbocycles. The molecule has 1 fully saturated rings. The van der Waals surface area contributed by atoms with Gasteiger partial charge >= 0.3 is 6.18 Å². The van der Waals surface area contributed by atoms with Crippen molar-refractivity contribution in [2.24, 2.45) is 0 Å². The van der Waals surface area contributed by atoms with Crippen LogP contribution in [0.3, 0.4) is 0 Å². The maximum Gasteiger partial charge on any atom is 0.416 e. The van der Waals surface area contributed by atoms with Crippen molar-refractivity contribution < 1.29 is 17.9 Å². The number of ether oxygens (including phenoxy) is 1. The summed E-state index contributed by atoms with van der Waals surface area (Å²) in [7, 11) is 1.36. The van der Waals surface area contributed by atoms with Crippen molar-refractivity contribution in [1.29, 1.82) is 0 Å². The molecule has 1 atom stereocenters. The summed E-state index contributed by atoms with van der Waals surface area (Å²) in [6.45, 7) is 2.54. The molecule has 0 bridgehead atoms. The van der Waals surface area contributed by atoms with Gasteiger partial charge in [0.2, 0.25) is 0 Å². The minimum absolute atomic E-state index is 0.192. The molecule has 1 heterocycles. The number of nitrogens with one attached hydrogen (secondary N) is 1. The fourth-order valence-electron chi connectivity index (χ4n) is 2.53. The molecule has 0 amide bonds. The average molecular weight is 338 g/mol. The number of hydrogen-bond acceptors (Lipinski definition) is 2. The van der Waals surface area contributed by atoms with E-state index in [9.17, 15) is 13.2 Å². The summed E-state index contributed by atoms with van der Waals surface area (Å²) in [5.74, 6) is 0.192. The zero-order valence-corrected chi connectivity index (χ0v) is 12.3. The lowest BCUT2D eigenvalue weighted by Crippen LogP contribution is -2.35. The van der Waals surface area contributed by atoms with Crippen LogP contribution in [0.15, 0.2) is 16.6 Å². The molecule has 0 saturated carbocycles. The highest BCUT2D eigenvalue weighted by Gasteiger charge is 2.41. The summed E-state index contributed by atoms with van der Waals surface area (Å²) in [5, 5.41) is 3.16. The molecule has 6 heteroatoms. The van der Waals surface area contributed by atoms with Crippen LogP contribution in [0.5, 0.6) is 5.75 Å². The van der Waals surface area contributed by atoms with Crippen LogP contribution in [0.1, 0.15) is 30.9 Å². The number of benzene rings is 1. The zero-order valence-electron chi connectivity index (χ0n) is 10.7. The van der Waals surface area contributed by atoms with E-state index in [1.165, 1.54) is 13.2 Å². The summed E-state index contributed by atoms with van der Waals surface area (Å²) >= 11 is 3.26. The van der Waals surface area contributed by atoms with Gasteiger partial charge in [0.05, 0.1) is 17.1 Å². The van der Waals surface area contributed by atoms with Gasteiger partial charge in [0.25, 0.3) is 0 Å². The minimum Gasteiger partial charge on any atom is -0.496 e. The van der Waals surface area contributed by atoms with Gasteiger partial charge in [-0.25, -0.2) is 0 Å². The third-order valence-corrected chi connectivity index (χ3v) is 4.18. The number of alkyl halides is 3. The highest BCUT2D eigenvalue weighted by atomic mass is 79.9. The molecule has 1 unspecified atom stereocenters. The summed E-state index contributed by atoms with van der Waals surface area (Å²) in [4.78, 5) is 0. The first-order valence-electron chi connectivity index (χ1n) is 5.98. The van der Waals surface area contributed by atoms with E-state index in [-0.39, 0.29) is 11.3 Å². The van der Waals surface area contributed by atoms with Crippen molar-refractivity contribution in [2.45, 2.75) is 31.5 Å². The van der Waals surface area contributed by atoms with Crippen molar-refractivity contribution >= 4 is 15.9 Å². The molecule has 0 spiro atoms. The number of halogens is 4. The molecule has 106 valence electrons. The van der Waals surface area contributed by atoms with E-state index in [0.717, 1.165) is 19.0 Å². The average Bonchev–Trinajstić information content (AvgIpc) is 2.75.